The van der Waals surface area contributed by atoms with Crippen molar-refractivity contribution in [3.63, 3.8) is 0 Å². The van der Waals surface area contributed by atoms with Gasteiger partial charge in [-0.15, -0.1) is 10.2 Å². The number of benzene rings is 1. The number of rotatable bonds is 11. The first-order valence-electron chi connectivity index (χ1n) is 19.5. The Morgan fingerprint density at radius 2 is 1.70 bits per heavy atom. The summed E-state index contributed by atoms with van der Waals surface area (Å²) in [6, 6.07) is 14.1. The molecule has 14 heteroatoms. The fourth-order valence-corrected chi connectivity index (χ4v) is 8.63. The van der Waals surface area contributed by atoms with Crippen LogP contribution in [0.25, 0.3) is 11.1 Å². The third-order valence-electron chi connectivity index (χ3n) is 12.0. The van der Waals surface area contributed by atoms with Crippen LogP contribution >= 0.6 is 0 Å². The number of para-hydroxylation sites is 1. The zero-order chi connectivity index (χ0) is 36.7. The number of nitrogens with zero attached hydrogens (tertiary/aromatic N) is 8. The smallest absolute Gasteiger partial charge is 0.274 e. The van der Waals surface area contributed by atoms with Crippen molar-refractivity contribution in [3.8, 4) is 11.1 Å². The number of amides is 3. The van der Waals surface area contributed by atoms with E-state index in [0.717, 1.165) is 86.5 Å². The first-order valence-corrected chi connectivity index (χ1v) is 19.5. The van der Waals surface area contributed by atoms with Gasteiger partial charge in [0.2, 0.25) is 5.91 Å². The molecule has 3 atom stereocenters. The van der Waals surface area contributed by atoms with E-state index in [1.54, 1.807) is 6.07 Å². The molecule has 6 heterocycles. The molecule has 3 aliphatic heterocycles. The summed E-state index contributed by atoms with van der Waals surface area (Å²) in [4.78, 5) is 50.4. The molecule has 6 aliphatic rings. The molecule has 278 valence electrons. The van der Waals surface area contributed by atoms with Gasteiger partial charge in [0.15, 0.2) is 11.5 Å². The number of hydrogen-bond acceptors (Lipinski definition) is 10. The Morgan fingerprint density at radius 1 is 0.907 bits per heavy atom. The lowest BCUT2D eigenvalue weighted by atomic mass is 9.91. The van der Waals surface area contributed by atoms with Gasteiger partial charge in [0.25, 0.3) is 11.8 Å². The monoisotopic (exact) mass is 727 g/mol. The number of carbonyl (C=O) groups excluding carboxylic acids is 3. The van der Waals surface area contributed by atoms with Crippen molar-refractivity contribution in [1.29, 1.82) is 0 Å². The summed E-state index contributed by atoms with van der Waals surface area (Å²) in [7, 11) is 2.11. The SMILES string of the molecule is CC[C@@H]1c2c(cnn2C2CN(Cc3cccc(C(=O)N4CC5CC5C4)n3)C2)-c2cccc(Nc3cc(NC(=O)C4CC4)nnc3C(=O)NC3CC3)c2N1C. The van der Waals surface area contributed by atoms with E-state index >= 15 is 0 Å². The Balaban J connectivity index is 0.886. The Kier molecular flexibility index (Phi) is 7.93. The van der Waals surface area contributed by atoms with Crippen molar-refractivity contribution in [2.45, 2.75) is 70.1 Å². The first-order chi connectivity index (χ1) is 26.3. The van der Waals surface area contributed by atoms with Crippen LogP contribution in [0, 0.1) is 17.8 Å². The molecule has 1 aromatic carbocycles. The average molecular weight is 728 g/mol. The van der Waals surface area contributed by atoms with Crippen LogP contribution in [0.15, 0.2) is 48.7 Å². The molecule has 3 N–H and O–H groups in total. The number of hydrogen-bond donors (Lipinski definition) is 3. The van der Waals surface area contributed by atoms with Crippen molar-refractivity contribution >= 4 is 40.6 Å². The summed E-state index contributed by atoms with van der Waals surface area (Å²) in [5.41, 5.74) is 7.32. The molecule has 2 unspecified atom stereocenters. The van der Waals surface area contributed by atoms with Gasteiger partial charge in [-0.3, -0.25) is 24.0 Å². The van der Waals surface area contributed by atoms with Crippen molar-refractivity contribution in [2.24, 2.45) is 17.8 Å². The molecule has 3 amide bonds. The zero-order valence-corrected chi connectivity index (χ0v) is 30.7. The van der Waals surface area contributed by atoms with Gasteiger partial charge in [-0.05, 0) is 68.6 Å². The highest BCUT2D eigenvalue weighted by Crippen LogP contribution is 2.50. The van der Waals surface area contributed by atoms with Crippen LogP contribution in [0.1, 0.15) is 89.9 Å². The van der Waals surface area contributed by atoms with Crippen LogP contribution in [0.4, 0.5) is 22.9 Å². The largest absolute Gasteiger partial charge is 0.364 e. The quantitative estimate of drug-likeness (QED) is 0.197. The third kappa shape index (κ3) is 6.05. The van der Waals surface area contributed by atoms with E-state index in [-0.39, 0.29) is 47.5 Å². The highest BCUT2D eigenvalue weighted by atomic mass is 16.2. The molecule has 14 nitrogen and oxygen atoms in total. The van der Waals surface area contributed by atoms with Gasteiger partial charge in [-0.1, -0.05) is 25.1 Å². The number of carbonyl (C=O) groups is 3. The average Bonchev–Trinajstić information content (AvgIpc) is 4.11. The van der Waals surface area contributed by atoms with Gasteiger partial charge in [0, 0.05) is 68.9 Å². The maximum atomic E-state index is 13.3. The number of likely N-dealkylation sites (tertiary alicyclic amines) is 2. The summed E-state index contributed by atoms with van der Waals surface area (Å²) in [5.74, 6) is 1.43. The lowest BCUT2D eigenvalue weighted by Gasteiger charge is -2.43. The lowest BCUT2D eigenvalue weighted by molar-refractivity contribution is -0.117. The predicted octanol–water partition coefficient (Wildman–Crippen LogP) is 4.77. The van der Waals surface area contributed by atoms with Crippen LogP contribution < -0.4 is 20.9 Å². The number of fused-ring (bicyclic) bond motifs is 4. The highest BCUT2D eigenvalue weighted by molar-refractivity contribution is 6.01. The lowest BCUT2D eigenvalue weighted by Crippen LogP contribution is -2.48. The van der Waals surface area contributed by atoms with Crippen molar-refractivity contribution in [2.75, 3.05) is 48.8 Å². The number of anilines is 4. The van der Waals surface area contributed by atoms with Crippen LogP contribution in [-0.2, 0) is 11.3 Å². The topological polar surface area (TPSA) is 154 Å². The third-order valence-corrected chi connectivity index (χ3v) is 12.0. The number of pyridine rings is 1. The minimum Gasteiger partial charge on any atom is -0.364 e. The summed E-state index contributed by atoms with van der Waals surface area (Å²) in [6.07, 6.45) is 7.78. The first kappa shape index (κ1) is 33.2. The van der Waals surface area contributed by atoms with E-state index in [9.17, 15) is 14.4 Å². The van der Waals surface area contributed by atoms with Crippen LogP contribution in [0.3, 0.4) is 0 Å². The highest BCUT2D eigenvalue weighted by Gasteiger charge is 2.47. The van der Waals surface area contributed by atoms with E-state index in [1.165, 1.54) is 12.1 Å². The molecular formula is C40H45N11O3. The van der Waals surface area contributed by atoms with Gasteiger partial charge in [-0.2, -0.15) is 5.10 Å². The maximum Gasteiger partial charge on any atom is 0.274 e. The standard InChI is InChI=1S/C40H45N11O3/c1-3-33-37-29(16-41-51(37)27-20-49(21-27)19-26-6-4-9-31(42-26)40(54)50-17-23-14-24(23)18-50)28-7-5-8-30(36(28)48(33)2)44-32-15-34(45-38(52)22-10-11-22)46-47-35(32)39(53)43-25-12-13-25/h4-9,15-16,22-25,27,33H,3,10-14,17-21H2,1-2H3,(H,43,53)(H2,44,45,46,52)/t23?,24?,33-/m1/s1. The minimum absolute atomic E-state index is 0.01000. The second-order valence-corrected chi connectivity index (χ2v) is 16.1. The number of nitrogens with one attached hydrogen (secondary N) is 3. The summed E-state index contributed by atoms with van der Waals surface area (Å²) >= 11 is 0. The van der Waals surface area contributed by atoms with Gasteiger partial charge >= 0.3 is 0 Å². The fraction of sp³-hybridized carbons (Fsp3) is 0.475. The predicted molar refractivity (Wildman–Crippen MR) is 202 cm³/mol. The molecule has 0 bridgehead atoms. The van der Waals surface area contributed by atoms with Gasteiger partial charge in [-0.25, -0.2) is 4.98 Å². The summed E-state index contributed by atoms with van der Waals surface area (Å²) in [5, 5.41) is 22.9. The molecule has 3 aliphatic carbocycles. The molecule has 0 spiro atoms. The van der Waals surface area contributed by atoms with E-state index in [2.05, 4.69) is 60.7 Å². The maximum absolute atomic E-state index is 13.3. The van der Waals surface area contributed by atoms with E-state index in [1.807, 2.05) is 41.4 Å². The minimum atomic E-state index is -0.287. The number of aromatic nitrogens is 5. The Bertz CT molecular complexity index is 2160. The van der Waals surface area contributed by atoms with E-state index in [0.29, 0.717) is 35.6 Å². The zero-order valence-electron chi connectivity index (χ0n) is 30.7. The van der Waals surface area contributed by atoms with Crippen molar-refractivity contribution in [3.05, 3.63) is 71.4 Å². The molecule has 3 saturated carbocycles. The van der Waals surface area contributed by atoms with E-state index < -0.39 is 0 Å². The Morgan fingerprint density at radius 3 is 2.46 bits per heavy atom. The summed E-state index contributed by atoms with van der Waals surface area (Å²) in [6.45, 7) is 6.33. The van der Waals surface area contributed by atoms with Crippen LogP contribution in [0.2, 0.25) is 0 Å². The van der Waals surface area contributed by atoms with Gasteiger partial charge in [0.05, 0.1) is 46.7 Å². The molecule has 4 aromatic rings. The Hall–Kier alpha value is -5.37. The second-order valence-electron chi connectivity index (χ2n) is 16.1. The fourth-order valence-electron chi connectivity index (χ4n) is 8.63. The van der Waals surface area contributed by atoms with Gasteiger partial charge < -0.3 is 25.8 Å². The molecular weight excluding hydrogens is 683 g/mol. The molecule has 2 saturated heterocycles. The van der Waals surface area contributed by atoms with E-state index in [4.69, 9.17) is 10.1 Å². The molecule has 10 rings (SSSR count). The Labute approximate surface area is 313 Å². The van der Waals surface area contributed by atoms with Crippen LogP contribution in [0.5, 0.6) is 0 Å². The number of piperidine rings is 1. The van der Waals surface area contributed by atoms with Crippen molar-refractivity contribution < 1.29 is 14.4 Å². The summed E-state index contributed by atoms with van der Waals surface area (Å²) < 4.78 is 2.22. The second kappa shape index (κ2) is 12.9. The molecule has 54 heavy (non-hydrogen) atoms. The van der Waals surface area contributed by atoms with Crippen LogP contribution in [-0.4, -0.2) is 91.8 Å². The molecule has 3 aromatic heterocycles. The molecule has 5 fully saturated rings. The normalized spacial score (nSPS) is 22.9. The van der Waals surface area contributed by atoms with Gasteiger partial charge in [0.1, 0.15) is 5.69 Å². The molecule has 0 radical (unpaired) electrons. The van der Waals surface area contributed by atoms with Crippen molar-refractivity contribution in [1.82, 2.24) is 40.1 Å².